The first-order chi connectivity index (χ1) is 18.2. The normalized spacial score (nSPS) is 11.9. The van der Waals surface area contributed by atoms with E-state index < -0.39 is 17.6 Å². The minimum Gasteiger partial charge on any atom is -0.207 e. The molecule has 0 amide bonds. The van der Waals surface area contributed by atoms with E-state index in [9.17, 15) is 17.6 Å². The summed E-state index contributed by atoms with van der Waals surface area (Å²) in [7, 11) is 0. The summed E-state index contributed by atoms with van der Waals surface area (Å²) in [5, 5.41) is 0. The van der Waals surface area contributed by atoms with Gasteiger partial charge in [-0.2, -0.15) is 13.2 Å². The molecule has 0 atom stereocenters. The number of hydrogen-bond donors (Lipinski definition) is 0. The zero-order chi connectivity index (χ0) is 27.3. The zero-order valence-corrected chi connectivity index (χ0v) is 21.4. The second-order valence-electron chi connectivity index (χ2n) is 9.25. The summed E-state index contributed by atoms with van der Waals surface area (Å²) < 4.78 is 70.3. The summed E-state index contributed by atoms with van der Waals surface area (Å²) >= 11 is 0. The Morgan fingerprint density at radius 2 is 1.29 bits per heavy atom. The maximum Gasteiger partial charge on any atom is 0.419 e. The predicted octanol–water partition coefficient (Wildman–Crippen LogP) is 10.1. The minimum absolute atomic E-state index is 0.0907. The van der Waals surface area contributed by atoms with Gasteiger partial charge in [-0.25, -0.2) is 8.78 Å². The topological polar surface area (TPSA) is 0 Å². The quantitative estimate of drug-likeness (QED) is 0.203. The first-order valence-electron chi connectivity index (χ1n) is 12.7. The maximum absolute atomic E-state index is 15.1. The third kappa shape index (κ3) is 6.21. The van der Waals surface area contributed by atoms with Crippen LogP contribution in [0.15, 0.2) is 84.9 Å². The van der Waals surface area contributed by atoms with Crippen LogP contribution in [0.4, 0.5) is 22.0 Å². The van der Waals surface area contributed by atoms with Crippen LogP contribution < -0.4 is 0 Å². The molecule has 5 heteroatoms. The molecule has 0 aromatic heterocycles. The van der Waals surface area contributed by atoms with E-state index in [0.717, 1.165) is 28.7 Å². The highest BCUT2D eigenvalue weighted by atomic mass is 19.4. The van der Waals surface area contributed by atoms with Gasteiger partial charge in [0.05, 0.1) is 5.56 Å². The Morgan fingerprint density at radius 1 is 0.684 bits per heavy atom. The Kier molecular flexibility index (Phi) is 8.45. The molecule has 0 saturated heterocycles. The lowest BCUT2D eigenvalue weighted by molar-refractivity contribution is -0.140. The number of hydrogen-bond acceptors (Lipinski definition) is 0. The van der Waals surface area contributed by atoms with Crippen LogP contribution in [0.2, 0.25) is 0 Å². The van der Waals surface area contributed by atoms with Gasteiger partial charge in [-0.05, 0) is 70.7 Å². The third-order valence-corrected chi connectivity index (χ3v) is 6.68. The van der Waals surface area contributed by atoms with Crippen molar-refractivity contribution in [1.82, 2.24) is 0 Å². The Hall–Kier alpha value is -3.73. The van der Waals surface area contributed by atoms with Gasteiger partial charge < -0.3 is 0 Å². The van der Waals surface area contributed by atoms with Crippen LogP contribution in [0.3, 0.4) is 0 Å². The lowest BCUT2D eigenvalue weighted by Gasteiger charge is -2.15. The molecule has 38 heavy (non-hydrogen) atoms. The molecule has 196 valence electrons. The van der Waals surface area contributed by atoms with Crippen molar-refractivity contribution in [1.29, 1.82) is 0 Å². The summed E-state index contributed by atoms with van der Waals surface area (Å²) in [5.41, 5.74) is 3.38. The molecule has 0 heterocycles. The second kappa shape index (κ2) is 11.8. The van der Waals surface area contributed by atoms with Crippen molar-refractivity contribution in [3.8, 4) is 22.3 Å². The molecular weight excluding hydrogens is 491 g/mol. The average molecular weight is 521 g/mol. The fourth-order valence-electron chi connectivity index (χ4n) is 4.48. The molecule has 4 aromatic carbocycles. The Labute approximate surface area is 220 Å². The Balaban J connectivity index is 1.51. The predicted molar refractivity (Wildman–Crippen MR) is 145 cm³/mol. The van der Waals surface area contributed by atoms with E-state index in [1.165, 1.54) is 18.2 Å². The van der Waals surface area contributed by atoms with E-state index in [2.05, 4.69) is 0 Å². The van der Waals surface area contributed by atoms with Crippen molar-refractivity contribution in [3.63, 3.8) is 0 Å². The summed E-state index contributed by atoms with van der Waals surface area (Å²) in [6.07, 6.45) is 0.724. The third-order valence-electron chi connectivity index (χ3n) is 6.68. The molecule has 0 fully saturated rings. The van der Waals surface area contributed by atoms with Crippen LogP contribution in [-0.2, 0) is 25.4 Å². The number of alkyl halides is 3. The number of allylic oxidation sites excluding steroid dienone is 1. The van der Waals surface area contributed by atoms with E-state index in [-0.39, 0.29) is 16.9 Å². The molecule has 0 nitrogen and oxygen atoms in total. The first-order valence-corrected chi connectivity index (χ1v) is 12.7. The van der Waals surface area contributed by atoms with Gasteiger partial charge in [-0.3, -0.25) is 0 Å². The van der Waals surface area contributed by atoms with Crippen LogP contribution in [-0.4, -0.2) is 0 Å². The lowest BCUT2D eigenvalue weighted by Crippen LogP contribution is -2.11. The molecule has 0 aliphatic carbocycles. The summed E-state index contributed by atoms with van der Waals surface area (Å²) in [5.74, 6) is -1.44. The maximum atomic E-state index is 15.1. The monoisotopic (exact) mass is 520 g/mol. The molecule has 4 aromatic rings. The molecule has 0 aliphatic heterocycles. The van der Waals surface area contributed by atoms with Gasteiger partial charge in [0.2, 0.25) is 0 Å². The molecule has 0 unspecified atom stereocenters. The van der Waals surface area contributed by atoms with Crippen LogP contribution in [0.25, 0.3) is 28.3 Å². The van der Waals surface area contributed by atoms with Gasteiger partial charge in [-0.1, -0.05) is 98.8 Å². The van der Waals surface area contributed by atoms with Gasteiger partial charge in [0.15, 0.2) is 0 Å². The number of halogens is 5. The van der Waals surface area contributed by atoms with Gasteiger partial charge in [0, 0.05) is 5.56 Å². The molecule has 0 radical (unpaired) electrons. The van der Waals surface area contributed by atoms with Crippen molar-refractivity contribution in [2.24, 2.45) is 0 Å². The van der Waals surface area contributed by atoms with Gasteiger partial charge >= 0.3 is 6.18 Å². The van der Waals surface area contributed by atoms with Gasteiger partial charge in [-0.15, -0.1) is 0 Å². The van der Waals surface area contributed by atoms with Crippen LogP contribution >= 0.6 is 0 Å². The molecule has 0 bridgehead atoms. The highest BCUT2D eigenvalue weighted by Gasteiger charge is 2.37. The van der Waals surface area contributed by atoms with Gasteiger partial charge in [0.25, 0.3) is 0 Å². The number of rotatable bonds is 8. The van der Waals surface area contributed by atoms with Crippen molar-refractivity contribution >= 4 is 6.08 Å². The average Bonchev–Trinajstić information content (AvgIpc) is 2.91. The molecule has 0 spiro atoms. The lowest BCUT2D eigenvalue weighted by atomic mass is 9.95. The van der Waals surface area contributed by atoms with E-state index in [1.807, 2.05) is 43.3 Å². The van der Waals surface area contributed by atoms with Crippen LogP contribution in [0, 0.1) is 11.6 Å². The van der Waals surface area contributed by atoms with Gasteiger partial charge in [0.1, 0.15) is 11.6 Å². The second-order valence-corrected chi connectivity index (χ2v) is 9.25. The Bertz CT molecular complexity index is 1410. The van der Waals surface area contributed by atoms with Crippen molar-refractivity contribution in [2.45, 2.75) is 45.7 Å². The molecule has 0 aliphatic rings. The van der Waals surface area contributed by atoms with Crippen molar-refractivity contribution in [2.75, 3.05) is 0 Å². The van der Waals surface area contributed by atoms with Crippen molar-refractivity contribution < 1.29 is 22.0 Å². The summed E-state index contributed by atoms with van der Waals surface area (Å²) in [6.45, 7) is 3.80. The van der Waals surface area contributed by atoms with Crippen molar-refractivity contribution in [3.05, 3.63) is 124 Å². The fourth-order valence-corrected chi connectivity index (χ4v) is 4.48. The first kappa shape index (κ1) is 27.3. The molecule has 0 saturated carbocycles. The van der Waals surface area contributed by atoms with Crippen LogP contribution in [0.1, 0.15) is 48.1 Å². The van der Waals surface area contributed by atoms with Crippen LogP contribution in [0.5, 0.6) is 0 Å². The smallest absolute Gasteiger partial charge is 0.207 e. The van der Waals surface area contributed by atoms with E-state index in [4.69, 9.17) is 0 Å². The number of benzene rings is 4. The highest BCUT2D eigenvalue weighted by Crippen LogP contribution is 2.39. The molecule has 0 N–H and O–H groups in total. The van der Waals surface area contributed by atoms with E-state index >= 15 is 4.39 Å². The van der Waals surface area contributed by atoms with E-state index in [1.54, 1.807) is 43.3 Å². The summed E-state index contributed by atoms with van der Waals surface area (Å²) in [6, 6.07) is 22.8. The highest BCUT2D eigenvalue weighted by molar-refractivity contribution is 5.73. The molecule has 4 rings (SSSR count). The fraction of sp³-hybridized carbons (Fsp3) is 0.212. The van der Waals surface area contributed by atoms with E-state index in [0.29, 0.717) is 30.4 Å². The Morgan fingerprint density at radius 3 is 1.87 bits per heavy atom. The standard InChI is InChI=1S/C33H29F5/c1-3-5-6-28-19-20-29(32(35)31(28)33(36,37)38)26-17-15-25(16-18-26)24-11-8-23(9-12-24)10-14-27-13-7-22(4-2)21-30(27)34/h5-9,11-13,15-21H,3-4,10,14H2,1-2H3. The largest absolute Gasteiger partial charge is 0.419 e. The zero-order valence-electron chi connectivity index (χ0n) is 21.4. The minimum atomic E-state index is -4.81. The SMILES string of the molecule is CCC=Cc1ccc(-c2ccc(-c3ccc(CCc4ccc(CC)cc4F)cc3)cc2)c(F)c1C(F)(F)F. The summed E-state index contributed by atoms with van der Waals surface area (Å²) in [4.78, 5) is 0. The number of aryl methyl sites for hydroxylation is 3. The molecular formula is C33H29F5.